The first-order valence-electron chi connectivity index (χ1n) is 5.73. The van der Waals surface area contributed by atoms with Gasteiger partial charge in [0.15, 0.2) is 0 Å². The summed E-state index contributed by atoms with van der Waals surface area (Å²) >= 11 is 0. The average molecular weight is 255 g/mol. The molecule has 3 rings (SSSR count). The highest BCUT2D eigenvalue weighted by atomic mass is 16.2. The molecule has 0 aromatic heterocycles. The van der Waals surface area contributed by atoms with Crippen LogP contribution in [0.15, 0.2) is 48.6 Å². The summed E-state index contributed by atoms with van der Waals surface area (Å²) in [6, 6.07) is 11.7. The molecule has 0 aliphatic carbocycles. The van der Waals surface area contributed by atoms with E-state index >= 15 is 0 Å². The Labute approximate surface area is 110 Å². The van der Waals surface area contributed by atoms with Crippen LogP contribution in [-0.4, -0.2) is 17.3 Å². The van der Waals surface area contributed by atoms with E-state index in [0.717, 1.165) is 16.3 Å². The first-order chi connectivity index (χ1) is 8.68. The zero-order valence-corrected chi connectivity index (χ0v) is 10.4. The van der Waals surface area contributed by atoms with E-state index in [-0.39, 0.29) is 17.3 Å². The highest BCUT2D eigenvalue weighted by Crippen LogP contribution is 2.32. The van der Waals surface area contributed by atoms with Gasteiger partial charge in [-0.1, -0.05) is 36.4 Å². The fourth-order valence-electron chi connectivity index (χ4n) is 2.28. The summed E-state index contributed by atoms with van der Waals surface area (Å²) in [5.41, 5.74) is 1.60. The Kier molecular flexibility index (Phi) is 3.19. The first kappa shape index (κ1) is 13.0. The van der Waals surface area contributed by atoms with Crippen LogP contribution in [0.3, 0.4) is 0 Å². The van der Waals surface area contributed by atoms with Crippen molar-refractivity contribution in [3.05, 3.63) is 54.1 Å². The minimum Gasteiger partial charge on any atom is -0.412 e. The third kappa shape index (κ3) is 1.92. The maximum atomic E-state index is 11.8. The molecule has 2 aromatic rings. The van der Waals surface area contributed by atoms with E-state index in [1.807, 2.05) is 43.3 Å². The fourth-order valence-corrected chi connectivity index (χ4v) is 2.28. The molecule has 1 aliphatic heterocycles. The van der Waals surface area contributed by atoms with Gasteiger partial charge in [-0.05, 0) is 17.9 Å². The number of nitrogens with zero attached hydrogens (tertiary/aromatic N) is 1. The molecule has 2 amide bonds. The zero-order chi connectivity index (χ0) is 12.7. The molecule has 0 spiro atoms. The van der Waals surface area contributed by atoms with Crippen molar-refractivity contribution in [1.82, 2.24) is 0 Å². The lowest BCUT2D eigenvalue weighted by Crippen LogP contribution is -2.30. The van der Waals surface area contributed by atoms with Gasteiger partial charge in [0.2, 0.25) is 0 Å². The summed E-state index contributed by atoms with van der Waals surface area (Å²) < 4.78 is 0. The molecular weight excluding hydrogens is 242 g/mol. The summed E-state index contributed by atoms with van der Waals surface area (Å²) in [5, 5.41) is 1.94. The maximum absolute atomic E-state index is 11.8. The SMILES string of the molecule is Cc1ccc2ccccc2c1N1C(=O)C=CC1=O.O. The molecule has 0 radical (unpaired) electrons. The summed E-state index contributed by atoms with van der Waals surface area (Å²) in [6.07, 6.45) is 2.62. The Morgan fingerprint density at radius 1 is 0.895 bits per heavy atom. The fraction of sp³-hybridized carbons (Fsp3) is 0.0667. The van der Waals surface area contributed by atoms with Crippen molar-refractivity contribution in [2.24, 2.45) is 0 Å². The lowest BCUT2D eigenvalue weighted by Gasteiger charge is -2.19. The molecule has 1 heterocycles. The van der Waals surface area contributed by atoms with E-state index < -0.39 is 0 Å². The van der Waals surface area contributed by atoms with Crippen LogP contribution in [0, 0.1) is 6.92 Å². The molecule has 19 heavy (non-hydrogen) atoms. The summed E-state index contributed by atoms with van der Waals surface area (Å²) in [5.74, 6) is -0.557. The molecule has 1 aliphatic rings. The Morgan fingerprint density at radius 3 is 2.21 bits per heavy atom. The third-order valence-corrected chi connectivity index (χ3v) is 3.14. The number of hydrogen-bond acceptors (Lipinski definition) is 2. The van der Waals surface area contributed by atoms with Gasteiger partial charge in [-0.25, -0.2) is 4.90 Å². The van der Waals surface area contributed by atoms with Crippen LogP contribution in [0.1, 0.15) is 5.56 Å². The Bertz CT molecular complexity index is 686. The summed E-state index contributed by atoms with van der Waals surface area (Å²) in [7, 11) is 0. The van der Waals surface area contributed by atoms with Gasteiger partial charge in [0.25, 0.3) is 11.8 Å². The third-order valence-electron chi connectivity index (χ3n) is 3.14. The van der Waals surface area contributed by atoms with Crippen molar-refractivity contribution in [1.29, 1.82) is 0 Å². The van der Waals surface area contributed by atoms with Crippen LogP contribution in [0.5, 0.6) is 0 Å². The molecule has 96 valence electrons. The van der Waals surface area contributed by atoms with Crippen LogP contribution in [0.25, 0.3) is 10.8 Å². The number of aryl methyl sites for hydroxylation is 1. The first-order valence-corrected chi connectivity index (χ1v) is 5.73. The van der Waals surface area contributed by atoms with Gasteiger partial charge in [-0.15, -0.1) is 0 Å². The molecule has 0 saturated heterocycles. The molecule has 4 nitrogen and oxygen atoms in total. The number of imide groups is 1. The van der Waals surface area contributed by atoms with Gasteiger partial charge < -0.3 is 5.48 Å². The van der Waals surface area contributed by atoms with Crippen LogP contribution >= 0.6 is 0 Å². The molecule has 0 saturated carbocycles. The van der Waals surface area contributed by atoms with Crippen LogP contribution in [0.2, 0.25) is 0 Å². The molecule has 4 heteroatoms. The van der Waals surface area contributed by atoms with Crippen molar-refractivity contribution < 1.29 is 15.1 Å². The molecule has 0 atom stereocenters. The number of benzene rings is 2. The number of carbonyl (C=O) groups is 2. The minimum absolute atomic E-state index is 0. The van der Waals surface area contributed by atoms with Crippen molar-refractivity contribution in [2.75, 3.05) is 4.90 Å². The summed E-state index contributed by atoms with van der Waals surface area (Å²) in [6.45, 7) is 1.90. The lowest BCUT2D eigenvalue weighted by molar-refractivity contribution is -0.119. The second kappa shape index (κ2) is 4.66. The van der Waals surface area contributed by atoms with E-state index in [4.69, 9.17) is 0 Å². The van der Waals surface area contributed by atoms with E-state index in [9.17, 15) is 9.59 Å². The van der Waals surface area contributed by atoms with Gasteiger partial charge in [-0.3, -0.25) is 9.59 Å². The van der Waals surface area contributed by atoms with Gasteiger partial charge >= 0.3 is 0 Å². The van der Waals surface area contributed by atoms with Crippen molar-refractivity contribution >= 4 is 28.3 Å². The van der Waals surface area contributed by atoms with E-state index in [0.29, 0.717) is 5.69 Å². The topological polar surface area (TPSA) is 68.9 Å². The molecule has 2 N–H and O–H groups in total. The van der Waals surface area contributed by atoms with E-state index in [1.165, 1.54) is 17.1 Å². The number of rotatable bonds is 1. The monoisotopic (exact) mass is 255 g/mol. The quantitative estimate of drug-likeness (QED) is 0.728. The predicted octanol–water partition coefficient (Wildman–Crippen LogP) is 1.75. The molecule has 0 fully saturated rings. The highest BCUT2D eigenvalue weighted by Gasteiger charge is 2.27. The highest BCUT2D eigenvalue weighted by molar-refractivity contribution is 6.30. The molecule has 2 aromatic carbocycles. The zero-order valence-electron chi connectivity index (χ0n) is 10.4. The Balaban J connectivity index is 0.00000133. The molecular formula is C15H13NO3. The second-order valence-electron chi connectivity index (χ2n) is 4.30. The van der Waals surface area contributed by atoms with Crippen molar-refractivity contribution in [3.8, 4) is 0 Å². The van der Waals surface area contributed by atoms with Gasteiger partial charge in [0, 0.05) is 17.5 Å². The van der Waals surface area contributed by atoms with Gasteiger partial charge in [0.05, 0.1) is 5.69 Å². The average Bonchev–Trinajstić information content (AvgIpc) is 2.70. The smallest absolute Gasteiger partial charge is 0.258 e. The Hall–Kier alpha value is -2.46. The van der Waals surface area contributed by atoms with Crippen LogP contribution < -0.4 is 4.90 Å². The van der Waals surface area contributed by atoms with Gasteiger partial charge in [-0.2, -0.15) is 0 Å². The van der Waals surface area contributed by atoms with Crippen molar-refractivity contribution in [3.63, 3.8) is 0 Å². The number of carbonyl (C=O) groups excluding carboxylic acids is 2. The minimum atomic E-state index is -0.278. The van der Waals surface area contributed by atoms with Crippen LogP contribution in [-0.2, 0) is 9.59 Å². The van der Waals surface area contributed by atoms with Gasteiger partial charge in [0.1, 0.15) is 0 Å². The molecule has 0 bridgehead atoms. The van der Waals surface area contributed by atoms with Crippen LogP contribution in [0.4, 0.5) is 5.69 Å². The lowest BCUT2D eigenvalue weighted by atomic mass is 10.0. The number of anilines is 1. The standard InChI is InChI=1S/C15H11NO2.H2O/c1-10-6-7-11-4-2-3-5-12(11)15(10)16-13(17)8-9-14(16)18;/h2-9H,1H3;1H2. The van der Waals surface area contributed by atoms with E-state index in [2.05, 4.69) is 0 Å². The number of fused-ring (bicyclic) bond motifs is 1. The number of hydrogen-bond donors (Lipinski definition) is 0. The largest absolute Gasteiger partial charge is 0.412 e. The normalized spacial score (nSPS) is 14.1. The van der Waals surface area contributed by atoms with Crippen molar-refractivity contribution in [2.45, 2.75) is 6.92 Å². The van der Waals surface area contributed by atoms with E-state index in [1.54, 1.807) is 0 Å². The maximum Gasteiger partial charge on any atom is 0.258 e. The number of amides is 2. The second-order valence-corrected chi connectivity index (χ2v) is 4.30. The Morgan fingerprint density at radius 2 is 1.53 bits per heavy atom. The molecule has 0 unspecified atom stereocenters. The summed E-state index contributed by atoms with van der Waals surface area (Å²) in [4.78, 5) is 24.8. The predicted molar refractivity (Wildman–Crippen MR) is 73.9 cm³/mol.